The van der Waals surface area contributed by atoms with E-state index in [0.717, 1.165) is 40.0 Å². The maximum absolute atomic E-state index is 9.19. The minimum atomic E-state index is 0.329. The first kappa shape index (κ1) is 27.2. The molecule has 2 aliphatic rings. The van der Waals surface area contributed by atoms with Crippen LogP contribution in [0, 0.1) is 29.1 Å². The molecule has 43 heavy (non-hydrogen) atoms. The summed E-state index contributed by atoms with van der Waals surface area (Å²) in [5.74, 6) is 4.19. The molecule has 7 rings (SSSR count). The van der Waals surface area contributed by atoms with Crippen LogP contribution in [-0.4, -0.2) is 19.9 Å². The Hall–Kier alpha value is -4.69. The Morgan fingerprint density at radius 1 is 0.628 bits per heavy atom. The lowest BCUT2D eigenvalue weighted by molar-refractivity contribution is 0.0780. The number of pyridine rings is 1. The van der Waals surface area contributed by atoms with Crippen molar-refractivity contribution in [3.8, 4) is 51.4 Å². The van der Waals surface area contributed by atoms with E-state index in [1.54, 1.807) is 12.3 Å². The second-order valence-corrected chi connectivity index (χ2v) is 12.8. The Balaban J connectivity index is 1.24. The van der Waals surface area contributed by atoms with Crippen LogP contribution in [-0.2, 0) is 5.41 Å². The van der Waals surface area contributed by atoms with E-state index < -0.39 is 0 Å². The Morgan fingerprint density at radius 2 is 1.23 bits per heavy atom. The number of benzene rings is 3. The Bertz CT molecular complexity index is 1770. The van der Waals surface area contributed by atoms with Gasteiger partial charge in [-0.2, -0.15) is 5.26 Å². The number of nitriles is 1. The van der Waals surface area contributed by atoms with Crippen LogP contribution in [0.3, 0.4) is 0 Å². The molecule has 5 aromatic rings. The number of hydrogen-bond donors (Lipinski definition) is 0. The summed E-state index contributed by atoms with van der Waals surface area (Å²) >= 11 is 0. The second-order valence-electron chi connectivity index (χ2n) is 12.8. The van der Waals surface area contributed by atoms with Gasteiger partial charge in [0, 0.05) is 22.9 Å². The van der Waals surface area contributed by atoms with Gasteiger partial charge >= 0.3 is 0 Å². The highest BCUT2D eigenvalue weighted by Gasteiger charge is 2.45. The standard InChI is InChI=1S/C38H35N5/c1-25-17-27-18-26(2)21-38(20-25,22-27)33-14-11-28(12-15-33)30-9-6-10-31(19-30)36-41-35(29-7-4-3-5-8-29)42-37(43-36)32-13-16-34(23-39)40-24-32/h3-16,19,24-27H,17-18,20-22H2,1-2H3/t25-,26+,27-,38?. The zero-order valence-electron chi connectivity index (χ0n) is 24.7. The zero-order valence-corrected chi connectivity index (χ0v) is 24.7. The molecule has 2 heterocycles. The third-order valence-electron chi connectivity index (χ3n) is 9.38. The summed E-state index contributed by atoms with van der Waals surface area (Å²) in [4.78, 5) is 18.8. The molecular weight excluding hydrogens is 526 g/mol. The summed E-state index contributed by atoms with van der Waals surface area (Å²) in [6.45, 7) is 4.90. The van der Waals surface area contributed by atoms with Crippen LogP contribution in [0.4, 0.5) is 0 Å². The average Bonchev–Trinajstić information content (AvgIpc) is 3.04. The molecule has 0 N–H and O–H groups in total. The van der Waals surface area contributed by atoms with Crippen molar-refractivity contribution in [2.45, 2.75) is 51.4 Å². The highest BCUT2D eigenvalue weighted by Crippen LogP contribution is 2.54. The number of rotatable bonds is 5. The molecule has 0 saturated heterocycles. The van der Waals surface area contributed by atoms with Crippen LogP contribution in [0.15, 0.2) is 97.2 Å². The van der Waals surface area contributed by atoms with Gasteiger partial charge in [0.15, 0.2) is 17.5 Å². The lowest BCUT2D eigenvalue weighted by Crippen LogP contribution is -2.42. The van der Waals surface area contributed by atoms with Crippen molar-refractivity contribution in [2.24, 2.45) is 17.8 Å². The summed E-state index contributed by atoms with van der Waals surface area (Å²) in [5.41, 5.74) is 7.11. The van der Waals surface area contributed by atoms with E-state index in [2.05, 4.69) is 73.4 Å². The van der Waals surface area contributed by atoms with E-state index in [0.29, 0.717) is 28.6 Å². The molecular formula is C38H35N5. The van der Waals surface area contributed by atoms with Crippen molar-refractivity contribution in [2.75, 3.05) is 0 Å². The molecule has 3 aromatic carbocycles. The Labute approximate surface area is 253 Å². The van der Waals surface area contributed by atoms with Crippen LogP contribution in [0.25, 0.3) is 45.3 Å². The molecule has 212 valence electrons. The lowest BCUT2D eigenvalue weighted by Gasteiger charge is -2.50. The summed E-state index contributed by atoms with van der Waals surface area (Å²) in [7, 11) is 0. The monoisotopic (exact) mass is 561 g/mol. The van der Waals surface area contributed by atoms with Gasteiger partial charge in [-0.05, 0) is 90.2 Å². The first-order chi connectivity index (χ1) is 21.0. The van der Waals surface area contributed by atoms with Crippen LogP contribution in [0.5, 0.6) is 0 Å². The third-order valence-corrected chi connectivity index (χ3v) is 9.38. The third kappa shape index (κ3) is 5.46. The summed E-state index contributed by atoms with van der Waals surface area (Å²) < 4.78 is 0. The Kier molecular flexibility index (Phi) is 7.07. The molecule has 0 amide bonds. The summed E-state index contributed by atoms with van der Waals surface area (Å²) in [6.07, 6.45) is 8.39. The molecule has 5 heteroatoms. The number of nitrogens with zero attached hydrogens (tertiary/aromatic N) is 5. The molecule has 2 aliphatic carbocycles. The molecule has 4 atom stereocenters. The number of fused-ring (bicyclic) bond motifs is 2. The van der Waals surface area contributed by atoms with E-state index in [-0.39, 0.29) is 0 Å². The summed E-state index contributed by atoms with van der Waals surface area (Å²) in [6, 6.07) is 33.4. The molecule has 2 saturated carbocycles. The van der Waals surface area contributed by atoms with Gasteiger partial charge in [-0.25, -0.2) is 19.9 Å². The van der Waals surface area contributed by atoms with Crippen molar-refractivity contribution in [3.05, 3.63) is 108 Å². The smallest absolute Gasteiger partial charge is 0.165 e. The van der Waals surface area contributed by atoms with Crippen molar-refractivity contribution in [1.29, 1.82) is 5.26 Å². The fourth-order valence-corrected chi connectivity index (χ4v) is 7.85. The Morgan fingerprint density at radius 3 is 1.88 bits per heavy atom. The predicted molar refractivity (Wildman–Crippen MR) is 171 cm³/mol. The SMILES string of the molecule is C[C@@H]1C[C@@H]2C[C@H](C)CC(c3ccc(-c4cccc(-c5nc(-c6ccccc6)nc(-c6ccc(C#N)nc6)n5)c4)cc3)(C1)C2. The fourth-order valence-electron chi connectivity index (χ4n) is 7.85. The van der Waals surface area contributed by atoms with E-state index in [1.165, 1.54) is 43.2 Å². The number of aromatic nitrogens is 4. The molecule has 2 aromatic heterocycles. The van der Waals surface area contributed by atoms with Crippen LogP contribution in [0.1, 0.15) is 57.2 Å². The molecule has 0 spiro atoms. The van der Waals surface area contributed by atoms with Gasteiger partial charge in [0.1, 0.15) is 11.8 Å². The van der Waals surface area contributed by atoms with Gasteiger partial charge in [-0.1, -0.05) is 86.6 Å². The molecule has 0 radical (unpaired) electrons. The largest absolute Gasteiger partial charge is 0.245 e. The average molecular weight is 562 g/mol. The predicted octanol–water partition coefficient (Wildman–Crippen LogP) is 8.91. The van der Waals surface area contributed by atoms with Crippen molar-refractivity contribution < 1.29 is 0 Å². The highest BCUT2D eigenvalue weighted by atomic mass is 15.0. The van der Waals surface area contributed by atoms with E-state index in [1.807, 2.05) is 36.4 Å². The maximum atomic E-state index is 9.19. The highest BCUT2D eigenvalue weighted by molar-refractivity contribution is 5.72. The molecule has 5 nitrogen and oxygen atoms in total. The van der Waals surface area contributed by atoms with Gasteiger partial charge in [0.25, 0.3) is 0 Å². The number of hydrogen-bond acceptors (Lipinski definition) is 5. The van der Waals surface area contributed by atoms with Gasteiger partial charge in [-0.3, -0.25) is 0 Å². The van der Waals surface area contributed by atoms with E-state index in [9.17, 15) is 5.26 Å². The van der Waals surface area contributed by atoms with Crippen molar-refractivity contribution in [3.63, 3.8) is 0 Å². The first-order valence-corrected chi connectivity index (χ1v) is 15.4. The molecule has 1 unspecified atom stereocenters. The molecule has 2 bridgehead atoms. The van der Waals surface area contributed by atoms with Crippen LogP contribution < -0.4 is 0 Å². The van der Waals surface area contributed by atoms with Gasteiger partial charge in [0.2, 0.25) is 0 Å². The molecule has 0 aliphatic heterocycles. The minimum Gasteiger partial charge on any atom is -0.245 e. The normalized spacial score (nSPS) is 23.0. The topological polar surface area (TPSA) is 75.3 Å². The van der Waals surface area contributed by atoms with Gasteiger partial charge < -0.3 is 0 Å². The second kappa shape index (κ2) is 11.2. The van der Waals surface area contributed by atoms with Gasteiger partial charge in [-0.15, -0.1) is 0 Å². The zero-order chi connectivity index (χ0) is 29.4. The van der Waals surface area contributed by atoms with Crippen LogP contribution in [0.2, 0.25) is 0 Å². The van der Waals surface area contributed by atoms with Gasteiger partial charge in [0.05, 0.1) is 0 Å². The quantitative estimate of drug-likeness (QED) is 0.214. The maximum Gasteiger partial charge on any atom is 0.165 e. The van der Waals surface area contributed by atoms with Crippen molar-refractivity contribution in [1.82, 2.24) is 19.9 Å². The fraction of sp³-hybridized carbons (Fsp3) is 0.289. The van der Waals surface area contributed by atoms with Crippen molar-refractivity contribution >= 4 is 0 Å². The van der Waals surface area contributed by atoms with E-state index in [4.69, 9.17) is 15.0 Å². The first-order valence-electron chi connectivity index (χ1n) is 15.4. The van der Waals surface area contributed by atoms with Crippen LogP contribution >= 0.6 is 0 Å². The summed E-state index contributed by atoms with van der Waals surface area (Å²) in [5, 5.41) is 9.19. The lowest BCUT2D eigenvalue weighted by atomic mass is 9.54. The molecule has 2 fully saturated rings. The minimum absolute atomic E-state index is 0.329. The van der Waals surface area contributed by atoms with E-state index >= 15 is 0 Å².